The number of hydrogen-bond donors (Lipinski definition) is 3. The molecular weight excluding hydrogens is 462 g/mol. The molecule has 11 nitrogen and oxygen atoms in total. The van der Waals surface area contributed by atoms with Crippen LogP contribution in [0.3, 0.4) is 0 Å². The summed E-state index contributed by atoms with van der Waals surface area (Å²) in [6.07, 6.45) is 0. The van der Waals surface area contributed by atoms with Gasteiger partial charge in [-0.05, 0) is 5.56 Å². The van der Waals surface area contributed by atoms with Crippen molar-refractivity contribution >= 4 is 57.5 Å². The number of anilines is 1. The number of carbonyl (C=O) groups excluding carboxylic acids is 4. The standard InChI is InChI=1S/C19H18ClN5O6S/c1-30-18(29)15-14(17(28)24-15)23-16(27)13(25-31-8-10-5-3-2-4-6-10)11-9-32-19(21-11)22-12(26)7-20/h2-6,9,14-15H,7-8H2,1H3,(H,23,27)(H,24,28)(H,21,22,26)/t14-,15-/m0/s1. The molecule has 1 aromatic heterocycles. The third-order valence-electron chi connectivity index (χ3n) is 4.21. The zero-order valence-electron chi connectivity index (χ0n) is 16.7. The minimum absolute atomic E-state index is 0.0757. The zero-order valence-corrected chi connectivity index (χ0v) is 18.2. The number of methoxy groups -OCH3 is 1. The van der Waals surface area contributed by atoms with Crippen molar-refractivity contribution in [2.45, 2.75) is 18.7 Å². The number of esters is 1. The molecule has 32 heavy (non-hydrogen) atoms. The molecule has 1 aliphatic heterocycles. The molecule has 2 aromatic rings. The Balaban J connectivity index is 1.78. The molecule has 2 atom stereocenters. The topological polar surface area (TPSA) is 148 Å². The van der Waals surface area contributed by atoms with Gasteiger partial charge in [0.1, 0.15) is 24.2 Å². The molecule has 3 rings (SSSR count). The van der Waals surface area contributed by atoms with Gasteiger partial charge in [0.2, 0.25) is 11.8 Å². The van der Waals surface area contributed by atoms with E-state index in [1.807, 2.05) is 30.3 Å². The normalized spacial score (nSPS) is 17.6. The van der Waals surface area contributed by atoms with Crippen LogP contribution in [0.5, 0.6) is 0 Å². The maximum atomic E-state index is 12.9. The lowest BCUT2D eigenvalue weighted by Crippen LogP contribution is -2.72. The summed E-state index contributed by atoms with van der Waals surface area (Å²) in [5, 5.41) is 12.8. The maximum Gasteiger partial charge on any atom is 0.331 e. The van der Waals surface area contributed by atoms with Gasteiger partial charge in [-0.3, -0.25) is 14.4 Å². The average molecular weight is 480 g/mol. The SMILES string of the molecule is COC(=O)[C@H]1NC(=O)[C@H]1NC(=O)C(=NOCc1ccccc1)c1csc(NC(=O)CCl)n1. The zero-order chi connectivity index (χ0) is 23.1. The molecule has 1 saturated heterocycles. The summed E-state index contributed by atoms with van der Waals surface area (Å²) in [4.78, 5) is 57.4. The van der Waals surface area contributed by atoms with Gasteiger partial charge in [-0.15, -0.1) is 22.9 Å². The van der Waals surface area contributed by atoms with Crippen molar-refractivity contribution in [3.8, 4) is 0 Å². The van der Waals surface area contributed by atoms with Crippen LogP contribution in [0.4, 0.5) is 5.13 Å². The molecule has 0 radical (unpaired) electrons. The number of rotatable bonds is 9. The number of nitrogens with one attached hydrogen (secondary N) is 3. The van der Waals surface area contributed by atoms with Crippen LogP contribution in [-0.2, 0) is 35.4 Å². The van der Waals surface area contributed by atoms with Crippen LogP contribution in [0.2, 0.25) is 0 Å². The number of hydrogen-bond acceptors (Lipinski definition) is 9. The van der Waals surface area contributed by atoms with Crippen LogP contribution < -0.4 is 16.0 Å². The molecule has 1 fully saturated rings. The minimum Gasteiger partial charge on any atom is -0.467 e. The molecule has 3 amide bonds. The maximum absolute atomic E-state index is 12.9. The molecule has 0 bridgehead atoms. The van der Waals surface area contributed by atoms with Crippen molar-refractivity contribution in [1.82, 2.24) is 15.6 Å². The van der Waals surface area contributed by atoms with Gasteiger partial charge < -0.3 is 25.5 Å². The van der Waals surface area contributed by atoms with E-state index < -0.39 is 35.8 Å². The van der Waals surface area contributed by atoms with Crippen LogP contribution in [0, 0.1) is 0 Å². The Kier molecular flexibility index (Phi) is 7.73. The Morgan fingerprint density at radius 2 is 2.03 bits per heavy atom. The highest BCUT2D eigenvalue weighted by atomic mass is 35.5. The fraction of sp³-hybridized carbons (Fsp3) is 0.263. The van der Waals surface area contributed by atoms with Crippen molar-refractivity contribution < 1.29 is 28.8 Å². The van der Waals surface area contributed by atoms with Crippen LogP contribution in [0.15, 0.2) is 40.9 Å². The second kappa shape index (κ2) is 10.7. The number of benzene rings is 1. The van der Waals surface area contributed by atoms with Crippen molar-refractivity contribution in [3.05, 3.63) is 47.0 Å². The summed E-state index contributed by atoms with van der Waals surface area (Å²) in [6, 6.07) is 6.98. The highest BCUT2D eigenvalue weighted by Gasteiger charge is 2.46. The number of carbonyl (C=O) groups is 4. The van der Waals surface area contributed by atoms with Crippen LogP contribution in [-0.4, -0.2) is 59.5 Å². The second-order valence-electron chi connectivity index (χ2n) is 6.38. The summed E-state index contributed by atoms with van der Waals surface area (Å²) in [7, 11) is 1.17. The van der Waals surface area contributed by atoms with Crippen molar-refractivity contribution in [3.63, 3.8) is 0 Å². The van der Waals surface area contributed by atoms with E-state index in [-0.39, 0.29) is 29.0 Å². The molecule has 0 spiro atoms. The molecule has 2 heterocycles. The number of ether oxygens (including phenoxy) is 1. The van der Waals surface area contributed by atoms with Crippen LogP contribution in [0.25, 0.3) is 0 Å². The van der Waals surface area contributed by atoms with E-state index >= 15 is 0 Å². The second-order valence-corrected chi connectivity index (χ2v) is 7.50. The van der Waals surface area contributed by atoms with E-state index in [9.17, 15) is 19.2 Å². The van der Waals surface area contributed by atoms with E-state index in [2.05, 4.69) is 30.8 Å². The molecule has 1 aromatic carbocycles. The lowest BCUT2D eigenvalue weighted by atomic mass is 9.99. The molecule has 0 saturated carbocycles. The Morgan fingerprint density at radius 3 is 2.69 bits per heavy atom. The van der Waals surface area contributed by atoms with E-state index in [4.69, 9.17) is 16.4 Å². The van der Waals surface area contributed by atoms with Gasteiger partial charge >= 0.3 is 5.97 Å². The summed E-state index contributed by atoms with van der Waals surface area (Å²) in [5.74, 6) is -2.78. The Hall–Kier alpha value is -3.51. The van der Waals surface area contributed by atoms with Crippen molar-refractivity contribution in [2.75, 3.05) is 18.3 Å². The summed E-state index contributed by atoms with van der Waals surface area (Å²) in [5.41, 5.74) is 0.667. The monoisotopic (exact) mass is 479 g/mol. The number of thiazole rings is 1. The van der Waals surface area contributed by atoms with Gasteiger partial charge in [-0.2, -0.15) is 0 Å². The van der Waals surface area contributed by atoms with Gasteiger partial charge in [-0.1, -0.05) is 35.5 Å². The average Bonchev–Trinajstić information content (AvgIpc) is 3.26. The van der Waals surface area contributed by atoms with E-state index in [1.165, 1.54) is 12.5 Å². The Labute approximate surface area is 191 Å². The number of nitrogens with zero attached hydrogens (tertiary/aromatic N) is 2. The first kappa shape index (κ1) is 23.2. The van der Waals surface area contributed by atoms with E-state index in [0.29, 0.717) is 0 Å². The Morgan fingerprint density at radius 1 is 1.28 bits per heavy atom. The Bertz CT molecular complexity index is 1040. The van der Waals surface area contributed by atoms with Gasteiger partial charge in [0.05, 0.1) is 7.11 Å². The molecule has 168 valence electrons. The number of oxime groups is 1. The minimum atomic E-state index is -1.14. The summed E-state index contributed by atoms with van der Waals surface area (Å²) >= 11 is 6.52. The molecule has 0 aliphatic carbocycles. The first-order valence-electron chi connectivity index (χ1n) is 9.17. The fourth-order valence-electron chi connectivity index (χ4n) is 2.60. The summed E-state index contributed by atoms with van der Waals surface area (Å²) < 4.78 is 4.60. The third kappa shape index (κ3) is 5.59. The predicted molar refractivity (Wildman–Crippen MR) is 115 cm³/mol. The predicted octanol–water partition coefficient (Wildman–Crippen LogP) is 0.398. The van der Waals surface area contributed by atoms with Gasteiger partial charge in [0.15, 0.2) is 16.9 Å². The van der Waals surface area contributed by atoms with Crippen LogP contribution >= 0.6 is 22.9 Å². The molecule has 1 aliphatic rings. The first-order chi connectivity index (χ1) is 15.4. The van der Waals surface area contributed by atoms with Gasteiger partial charge in [0.25, 0.3) is 5.91 Å². The lowest BCUT2D eigenvalue weighted by molar-refractivity contribution is -0.153. The first-order valence-corrected chi connectivity index (χ1v) is 10.6. The van der Waals surface area contributed by atoms with E-state index in [1.54, 1.807) is 0 Å². The van der Waals surface area contributed by atoms with Gasteiger partial charge in [0, 0.05) is 5.38 Å². The molecule has 3 N–H and O–H groups in total. The lowest BCUT2D eigenvalue weighted by Gasteiger charge is -2.34. The van der Waals surface area contributed by atoms with E-state index in [0.717, 1.165) is 16.9 Å². The quantitative estimate of drug-likeness (QED) is 0.155. The number of halogens is 1. The van der Waals surface area contributed by atoms with Gasteiger partial charge in [-0.25, -0.2) is 9.78 Å². The molecule has 0 unspecified atom stereocenters. The molecular formula is C19H18ClN5O6S. The smallest absolute Gasteiger partial charge is 0.331 e. The van der Waals surface area contributed by atoms with Crippen molar-refractivity contribution in [2.24, 2.45) is 5.16 Å². The highest BCUT2D eigenvalue weighted by molar-refractivity contribution is 7.14. The number of aromatic nitrogens is 1. The number of β-lactam (4-membered cyclic amide) rings is 1. The van der Waals surface area contributed by atoms with Crippen molar-refractivity contribution in [1.29, 1.82) is 0 Å². The fourth-order valence-corrected chi connectivity index (χ4v) is 3.38. The summed E-state index contributed by atoms with van der Waals surface area (Å²) in [6.45, 7) is 0.0757. The largest absolute Gasteiger partial charge is 0.467 e. The third-order valence-corrected chi connectivity index (χ3v) is 5.22. The molecule has 13 heteroatoms. The van der Waals surface area contributed by atoms with Crippen LogP contribution in [0.1, 0.15) is 11.3 Å². The number of alkyl halides is 1. The number of amides is 3. The highest BCUT2D eigenvalue weighted by Crippen LogP contribution is 2.17.